The van der Waals surface area contributed by atoms with E-state index >= 15 is 0 Å². The van der Waals surface area contributed by atoms with E-state index in [9.17, 15) is 0 Å². The Balaban J connectivity index is 1.13. The zero-order chi connectivity index (χ0) is 32.3. The molecular weight excluding hydrogens is 574 g/mol. The minimum Gasteiger partial charge on any atom is -0.329 e. The fraction of sp³-hybridized carbons (Fsp3) is 0.0714. The molecule has 0 radical (unpaired) electrons. The number of rotatable bonds is 7. The summed E-state index contributed by atoms with van der Waals surface area (Å²) >= 11 is 0. The molecule has 5 nitrogen and oxygen atoms in total. The van der Waals surface area contributed by atoms with Gasteiger partial charge in [-0.05, 0) is 84.8 Å². The molecule has 47 heavy (non-hydrogen) atoms. The van der Waals surface area contributed by atoms with Crippen molar-refractivity contribution in [2.45, 2.75) is 6.92 Å². The van der Waals surface area contributed by atoms with Crippen molar-refractivity contribution in [3.8, 4) is 0 Å². The van der Waals surface area contributed by atoms with E-state index in [-0.39, 0.29) is 0 Å². The van der Waals surface area contributed by atoms with Crippen molar-refractivity contribution >= 4 is 45.8 Å². The summed E-state index contributed by atoms with van der Waals surface area (Å²) in [6.45, 7) is 6.47. The number of benzene rings is 4. The maximum Gasteiger partial charge on any atom is 0.120 e. The van der Waals surface area contributed by atoms with Gasteiger partial charge >= 0.3 is 0 Å². The topological polar surface area (TPSA) is 25.9 Å². The largest absolute Gasteiger partial charge is 0.329 e. The van der Waals surface area contributed by atoms with Crippen LogP contribution in [0.25, 0.3) is 11.6 Å². The number of fused-ring (bicyclic) bond motifs is 2. The molecule has 0 unspecified atom stereocenters. The summed E-state index contributed by atoms with van der Waals surface area (Å²) in [6, 6.07) is 44.0. The van der Waals surface area contributed by atoms with Gasteiger partial charge in [0.05, 0.1) is 34.1 Å². The predicted molar refractivity (Wildman–Crippen MR) is 199 cm³/mol. The summed E-state index contributed by atoms with van der Waals surface area (Å²) in [6.07, 6.45) is 10.6. The summed E-state index contributed by atoms with van der Waals surface area (Å²) in [5.41, 5.74) is 10.6. The zero-order valence-corrected chi connectivity index (χ0v) is 27.0. The average Bonchev–Trinajstić information content (AvgIpc) is 3.55. The number of hydrogen-bond acceptors (Lipinski definition) is 5. The van der Waals surface area contributed by atoms with E-state index in [0.29, 0.717) is 0 Å². The molecule has 2 aliphatic rings. The van der Waals surface area contributed by atoms with Crippen LogP contribution in [0.3, 0.4) is 0 Å². The van der Waals surface area contributed by atoms with Crippen molar-refractivity contribution in [3.05, 3.63) is 187 Å². The third-order valence-electron chi connectivity index (χ3n) is 8.53. The molecule has 4 aromatic carbocycles. The quantitative estimate of drug-likeness (QED) is 0.171. The van der Waals surface area contributed by atoms with Gasteiger partial charge in [0.15, 0.2) is 0 Å². The van der Waals surface area contributed by atoms with Gasteiger partial charge in [-0.25, -0.2) is 4.98 Å². The number of pyridine rings is 1. The molecule has 0 aliphatic carbocycles. The van der Waals surface area contributed by atoms with Gasteiger partial charge in [-0.3, -0.25) is 9.80 Å². The highest BCUT2D eigenvalue weighted by atomic mass is 15.4. The molecule has 230 valence electrons. The van der Waals surface area contributed by atoms with Gasteiger partial charge in [0.2, 0.25) is 0 Å². The Morgan fingerprint density at radius 1 is 0.596 bits per heavy atom. The summed E-state index contributed by atoms with van der Waals surface area (Å²) in [7, 11) is 4.22. The standard InChI is InChI=1S/C42H37N5/c1-31(29-41-44(3)37-25-11-13-27-39(37)46(41)34-20-7-5-8-21-34)17-15-18-32(2)36-24-16-19-33(43-36)30-42-45(4)38-26-12-14-28-40(38)47(42)35-22-9-6-10-23-35/h5-30H,2H2,1,3-4H3/b18-15-,31-17+,41-29+,42-30+. The van der Waals surface area contributed by atoms with Gasteiger partial charge in [-0.2, -0.15) is 0 Å². The SMILES string of the molecule is C=C(\C=C/C=C(C)/C=C1\N(C)c2ccccc2N1c1ccccc1)c1cccc(/C=C2\N(C)c3ccccc3N2c2ccccc2)n1. The second-order valence-corrected chi connectivity index (χ2v) is 11.7. The van der Waals surface area contributed by atoms with Crippen molar-refractivity contribution in [3.63, 3.8) is 0 Å². The van der Waals surface area contributed by atoms with Crippen LogP contribution in [0.2, 0.25) is 0 Å². The second kappa shape index (κ2) is 12.7. The van der Waals surface area contributed by atoms with Gasteiger partial charge < -0.3 is 9.80 Å². The molecule has 5 heteroatoms. The highest BCUT2D eigenvalue weighted by Gasteiger charge is 2.30. The van der Waals surface area contributed by atoms with Crippen molar-refractivity contribution in [1.29, 1.82) is 0 Å². The van der Waals surface area contributed by atoms with E-state index in [0.717, 1.165) is 56.9 Å². The van der Waals surface area contributed by atoms with Gasteiger partial charge in [0.25, 0.3) is 0 Å². The molecule has 0 amide bonds. The zero-order valence-electron chi connectivity index (χ0n) is 27.0. The predicted octanol–water partition coefficient (Wildman–Crippen LogP) is 10.3. The van der Waals surface area contributed by atoms with Crippen molar-refractivity contribution < 1.29 is 0 Å². The number of hydrogen-bond donors (Lipinski definition) is 0. The van der Waals surface area contributed by atoms with Crippen LogP contribution in [-0.2, 0) is 0 Å². The van der Waals surface area contributed by atoms with E-state index in [4.69, 9.17) is 4.98 Å². The maximum absolute atomic E-state index is 4.99. The lowest BCUT2D eigenvalue weighted by Crippen LogP contribution is -2.21. The van der Waals surface area contributed by atoms with Crippen molar-refractivity contribution in [2.75, 3.05) is 33.7 Å². The molecular formula is C42H37N5. The lowest BCUT2D eigenvalue weighted by Gasteiger charge is -2.23. The van der Waals surface area contributed by atoms with Crippen LogP contribution in [0.5, 0.6) is 0 Å². The van der Waals surface area contributed by atoms with Gasteiger partial charge in [0, 0.05) is 31.5 Å². The van der Waals surface area contributed by atoms with E-state index in [1.54, 1.807) is 0 Å². The van der Waals surface area contributed by atoms with Crippen LogP contribution in [0.1, 0.15) is 18.3 Å². The fourth-order valence-corrected chi connectivity index (χ4v) is 6.18. The third kappa shape index (κ3) is 5.75. The molecule has 0 spiro atoms. The molecule has 0 N–H and O–H groups in total. The number of nitrogens with zero attached hydrogens (tertiary/aromatic N) is 5. The monoisotopic (exact) mass is 611 g/mol. The smallest absolute Gasteiger partial charge is 0.120 e. The summed E-state index contributed by atoms with van der Waals surface area (Å²) in [4.78, 5) is 14.0. The molecule has 0 bridgehead atoms. The first-order chi connectivity index (χ1) is 23.0. The van der Waals surface area contributed by atoms with Crippen LogP contribution in [0.4, 0.5) is 34.1 Å². The first-order valence-electron chi connectivity index (χ1n) is 15.8. The van der Waals surface area contributed by atoms with Crippen LogP contribution < -0.4 is 19.6 Å². The van der Waals surface area contributed by atoms with Gasteiger partial charge in [-0.15, -0.1) is 0 Å². The molecule has 1 aromatic heterocycles. The third-order valence-corrected chi connectivity index (χ3v) is 8.53. The normalized spacial score (nSPS) is 16.0. The number of para-hydroxylation sites is 6. The molecule has 0 atom stereocenters. The van der Waals surface area contributed by atoms with E-state index in [1.165, 1.54) is 11.4 Å². The molecule has 2 aliphatic heterocycles. The summed E-state index contributed by atoms with van der Waals surface area (Å²) < 4.78 is 0. The number of anilines is 6. The minimum absolute atomic E-state index is 0.839. The summed E-state index contributed by atoms with van der Waals surface area (Å²) in [5, 5.41) is 0. The molecule has 0 saturated carbocycles. The Labute approximate surface area is 277 Å². The van der Waals surface area contributed by atoms with Crippen LogP contribution >= 0.6 is 0 Å². The lowest BCUT2D eigenvalue weighted by atomic mass is 10.1. The first-order valence-corrected chi connectivity index (χ1v) is 15.8. The number of allylic oxidation sites excluding steroid dienone is 6. The second-order valence-electron chi connectivity index (χ2n) is 11.7. The Kier molecular flexibility index (Phi) is 8.03. The average molecular weight is 612 g/mol. The van der Waals surface area contributed by atoms with E-state index in [2.05, 4.69) is 175 Å². The number of aromatic nitrogens is 1. The fourth-order valence-electron chi connectivity index (χ4n) is 6.18. The van der Waals surface area contributed by atoms with E-state index < -0.39 is 0 Å². The highest BCUT2D eigenvalue weighted by molar-refractivity contribution is 5.91. The van der Waals surface area contributed by atoms with Gasteiger partial charge in [-0.1, -0.05) is 91.5 Å². The first kappa shape index (κ1) is 29.6. The highest BCUT2D eigenvalue weighted by Crippen LogP contribution is 2.46. The molecule has 0 saturated heterocycles. The molecule has 3 heterocycles. The molecule has 7 rings (SSSR count). The minimum atomic E-state index is 0.839. The Morgan fingerprint density at radius 2 is 1.11 bits per heavy atom. The van der Waals surface area contributed by atoms with Crippen LogP contribution in [-0.4, -0.2) is 19.1 Å². The van der Waals surface area contributed by atoms with Crippen LogP contribution in [0.15, 0.2) is 175 Å². The Bertz CT molecular complexity index is 2060. The van der Waals surface area contributed by atoms with Crippen molar-refractivity contribution in [1.82, 2.24) is 4.98 Å². The maximum atomic E-state index is 4.99. The van der Waals surface area contributed by atoms with E-state index in [1.807, 2.05) is 30.3 Å². The van der Waals surface area contributed by atoms with Crippen LogP contribution in [0, 0.1) is 0 Å². The van der Waals surface area contributed by atoms with Crippen molar-refractivity contribution in [2.24, 2.45) is 0 Å². The molecule has 5 aromatic rings. The Morgan fingerprint density at radius 3 is 1.70 bits per heavy atom. The molecule has 0 fully saturated rings. The summed E-state index contributed by atoms with van der Waals surface area (Å²) in [5.74, 6) is 2.14. The van der Waals surface area contributed by atoms with Gasteiger partial charge in [0.1, 0.15) is 11.6 Å². The Hall–Kier alpha value is -6.07. The lowest BCUT2D eigenvalue weighted by molar-refractivity contribution is 1.08.